The Bertz CT molecular complexity index is 488. The molecule has 94 valence electrons. The summed E-state index contributed by atoms with van der Waals surface area (Å²) in [6, 6.07) is 8.73. The Balaban J connectivity index is 2.23. The Morgan fingerprint density at radius 3 is 2.28 bits per heavy atom. The molecule has 1 atom stereocenters. The molecular weight excluding hydrogens is 222 g/mol. The number of aromatic nitrogens is 2. The number of likely N-dealkylation sites (N-methyl/N-ethyl adjacent to an activating group) is 1. The largest absolute Gasteiger partial charge is 0.313 e. The average Bonchev–Trinajstić information content (AvgIpc) is 2.36. The van der Waals surface area contributed by atoms with Crippen LogP contribution in [0, 0.1) is 13.8 Å². The summed E-state index contributed by atoms with van der Waals surface area (Å²) in [4.78, 5) is 8.47. The van der Waals surface area contributed by atoms with Crippen molar-refractivity contribution in [2.24, 2.45) is 0 Å². The van der Waals surface area contributed by atoms with E-state index in [1.54, 1.807) is 0 Å². The first-order chi connectivity index (χ1) is 8.69. The van der Waals surface area contributed by atoms with Crippen LogP contribution in [0.5, 0.6) is 0 Å². The molecule has 2 heterocycles. The highest BCUT2D eigenvalue weighted by atomic mass is 14.9. The minimum absolute atomic E-state index is 0.313. The fraction of sp³-hybridized carbons (Fsp3) is 0.333. The maximum absolute atomic E-state index is 4.42. The number of hydrogen-bond donors (Lipinski definition) is 1. The predicted octanol–water partition coefficient (Wildman–Crippen LogP) is 2.60. The summed E-state index contributed by atoms with van der Waals surface area (Å²) in [5.41, 5.74) is 4.72. The number of nitrogens with one attached hydrogen (secondary N) is 1. The third kappa shape index (κ3) is 3.14. The molecule has 0 saturated heterocycles. The summed E-state index contributed by atoms with van der Waals surface area (Å²) >= 11 is 0. The van der Waals surface area contributed by atoms with Gasteiger partial charge in [-0.2, -0.15) is 0 Å². The second kappa shape index (κ2) is 5.74. The third-order valence-corrected chi connectivity index (χ3v) is 3.04. The SMILES string of the molecule is CNC(Cc1ccncc1)c1cc(C)nc(C)c1. The van der Waals surface area contributed by atoms with Crippen molar-refractivity contribution in [1.82, 2.24) is 15.3 Å². The van der Waals surface area contributed by atoms with Crippen molar-refractivity contribution >= 4 is 0 Å². The predicted molar refractivity (Wildman–Crippen MR) is 73.5 cm³/mol. The molecule has 0 bridgehead atoms. The summed E-state index contributed by atoms with van der Waals surface area (Å²) in [6.07, 6.45) is 4.64. The third-order valence-electron chi connectivity index (χ3n) is 3.04. The van der Waals surface area contributed by atoms with Gasteiger partial charge in [-0.3, -0.25) is 9.97 Å². The molecule has 0 aliphatic carbocycles. The number of pyridine rings is 2. The highest BCUT2D eigenvalue weighted by Gasteiger charge is 2.11. The van der Waals surface area contributed by atoms with E-state index < -0.39 is 0 Å². The summed E-state index contributed by atoms with van der Waals surface area (Å²) in [5, 5.41) is 3.37. The van der Waals surface area contributed by atoms with E-state index in [2.05, 4.69) is 39.6 Å². The van der Waals surface area contributed by atoms with Crippen molar-refractivity contribution in [2.75, 3.05) is 7.05 Å². The van der Waals surface area contributed by atoms with Gasteiger partial charge in [-0.15, -0.1) is 0 Å². The molecule has 2 aromatic heterocycles. The second-order valence-electron chi connectivity index (χ2n) is 4.58. The summed E-state index contributed by atoms with van der Waals surface area (Å²) in [6.45, 7) is 4.07. The molecule has 2 rings (SSSR count). The molecule has 0 aliphatic heterocycles. The first-order valence-electron chi connectivity index (χ1n) is 6.20. The van der Waals surface area contributed by atoms with Crippen LogP contribution in [0.3, 0.4) is 0 Å². The molecule has 3 heteroatoms. The monoisotopic (exact) mass is 241 g/mol. The van der Waals surface area contributed by atoms with Crippen LogP contribution in [-0.2, 0) is 6.42 Å². The fourth-order valence-corrected chi connectivity index (χ4v) is 2.21. The quantitative estimate of drug-likeness (QED) is 0.894. The minimum Gasteiger partial charge on any atom is -0.313 e. The van der Waals surface area contributed by atoms with Gasteiger partial charge in [-0.25, -0.2) is 0 Å². The Morgan fingerprint density at radius 2 is 1.72 bits per heavy atom. The Hall–Kier alpha value is -1.74. The zero-order valence-corrected chi connectivity index (χ0v) is 11.1. The normalized spacial score (nSPS) is 12.4. The molecule has 18 heavy (non-hydrogen) atoms. The lowest BCUT2D eigenvalue weighted by Crippen LogP contribution is -2.19. The fourth-order valence-electron chi connectivity index (χ4n) is 2.21. The van der Waals surface area contributed by atoms with Crippen LogP contribution in [-0.4, -0.2) is 17.0 Å². The molecule has 3 nitrogen and oxygen atoms in total. The molecule has 1 unspecified atom stereocenters. The lowest BCUT2D eigenvalue weighted by molar-refractivity contribution is 0.590. The van der Waals surface area contributed by atoms with Crippen LogP contribution in [0.15, 0.2) is 36.7 Å². The molecule has 0 amide bonds. The number of rotatable bonds is 4. The van der Waals surface area contributed by atoms with E-state index in [0.717, 1.165) is 17.8 Å². The minimum atomic E-state index is 0.313. The van der Waals surface area contributed by atoms with Gasteiger partial charge in [0.25, 0.3) is 0 Å². The lowest BCUT2D eigenvalue weighted by Gasteiger charge is -2.17. The van der Waals surface area contributed by atoms with Gasteiger partial charge in [0.05, 0.1) is 0 Å². The van der Waals surface area contributed by atoms with Gasteiger partial charge in [0, 0.05) is 29.8 Å². The molecule has 0 saturated carbocycles. The first-order valence-corrected chi connectivity index (χ1v) is 6.20. The van der Waals surface area contributed by atoms with Crippen LogP contribution >= 0.6 is 0 Å². The van der Waals surface area contributed by atoms with E-state index >= 15 is 0 Å². The van der Waals surface area contributed by atoms with Crippen LogP contribution in [0.2, 0.25) is 0 Å². The van der Waals surface area contributed by atoms with Crippen LogP contribution in [0.4, 0.5) is 0 Å². The van der Waals surface area contributed by atoms with Crippen molar-refractivity contribution in [3.8, 4) is 0 Å². The Kier molecular flexibility index (Phi) is 4.05. The van der Waals surface area contributed by atoms with Crippen molar-refractivity contribution in [3.05, 3.63) is 59.2 Å². The van der Waals surface area contributed by atoms with Gasteiger partial charge in [-0.1, -0.05) is 0 Å². The van der Waals surface area contributed by atoms with E-state index in [0.29, 0.717) is 6.04 Å². The van der Waals surface area contributed by atoms with E-state index in [4.69, 9.17) is 0 Å². The molecule has 1 N–H and O–H groups in total. The van der Waals surface area contributed by atoms with Gasteiger partial charge in [0.2, 0.25) is 0 Å². The molecule has 0 spiro atoms. The summed E-state index contributed by atoms with van der Waals surface area (Å²) in [5.74, 6) is 0. The maximum atomic E-state index is 4.42. The zero-order chi connectivity index (χ0) is 13.0. The smallest absolute Gasteiger partial charge is 0.0379 e. The highest BCUT2D eigenvalue weighted by molar-refractivity contribution is 5.26. The van der Waals surface area contributed by atoms with Crippen molar-refractivity contribution in [1.29, 1.82) is 0 Å². The van der Waals surface area contributed by atoms with E-state index in [-0.39, 0.29) is 0 Å². The Labute approximate surface area is 108 Å². The van der Waals surface area contributed by atoms with Gasteiger partial charge >= 0.3 is 0 Å². The maximum Gasteiger partial charge on any atom is 0.0379 e. The standard InChI is InChI=1S/C15H19N3/c1-11-8-14(9-12(2)18-11)15(16-3)10-13-4-6-17-7-5-13/h4-9,15-16H,10H2,1-3H3. The topological polar surface area (TPSA) is 37.8 Å². The number of aryl methyl sites for hydroxylation is 2. The average molecular weight is 241 g/mol. The van der Waals surface area contributed by atoms with Gasteiger partial charge in [0.1, 0.15) is 0 Å². The van der Waals surface area contributed by atoms with E-state index in [1.165, 1.54) is 11.1 Å². The second-order valence-corrected chi connectivity index (χ2v) is 4.58. The van der Waals surface area contributed by atoms with Gasteiger partial charge in [-0.05, 0) is 62.7 Å². The summed E-state index contributed by atoms with van der Waals surface area (Å²) in [7, 11) is 2.00. The molecular formula is C15H19N3. The van der Waals surface area contributed by atoms with Crippen LogP contribution < -0.4 is 5.32 Å². The van der Waals surface area contributed by atoms with E-state index in [9.17, 15) is 0 Å². The lowest BCUT2D eigenvalue weighted by atomic mass is 9.99. The van der Waals surface area contributed by atoms with Crippen molar-refractivity contribution < 1.29 is 0 Å². The number of hydrogen-bond acceptors (Lipinski definition) is 3. The van der Waals surface area contributed by atoms with Gasteiger partial charge < -0.3 is 5.32 Å². The molecule has 0 aromatic carbocycles. The van der Waals surface area contributed by atoms with E-state index in [1.807, 2.05) is 33.3 Å². The van der Waals surface area contributed by atoms with Gasteiger partial charge in [0.15, 0.2) is 0 Å². The summed E-state index contributed by atoms with van der Waals surface area (Å²) < 4.78 is 0. The van der Waals surface area contributed by atoms with Crippen LogP contribution in [0.1, 0.15) is 28.6 Å². The molecule has 0 aliphatic rings. The Morgan fingerprint density at radius 1 is 1.11 bits per heavy atom. The molecule has 2 aromatic rings. The molecule has 0 fully saturated rings. The van der Waals surface area contributed by atoms with Crippen LogP contribution in [0.25, 0.3) is 0 Å². The van der Waals surface area contributed by atoms with Crippen molar-refractivity contribution in [3.63, 3.8) is 0 Å². The molecule has 0 radical (unpaired) electrons. The first kappa shape index (κ1) is 12.7. The van der Waals surface area contributed by atoms with Crippen molar-refractivity contribution in [2.45, 2.75) is 26.3 Å². The highest BCUT2D eigenvalue weighted by Crippen LogP contribution is 2.19. The number of nitrogens with zero attached hydrogens (tertiary/aromatic N) is 2. The zero-order valence-electron chi connectivity index (χ0n) is 11.1.